The average Bonchev–Trinajstić information content (AvgIpc) is 3.39. The van der Waals surface area contributed by atoms with E-state index in [-0.39, 0.29) is 11.5 Å². The van der Waals surface area contributed by atoms with E-state index >= 15 is 0 Å². The summed E-state index contributed by atoms with van der Waals surface area (Å²) in [6.45, 7) is 2.95. The third-order valence-electron chi connectivity index (χ3n) is 5.27. The molecule has 0 aliphatic carbocycles. The third kappa shape index (κ3) is 4.26. The van der Waals surface area contributed by atoms with E-state index < -0.39 is 10.0 Å². The Hall–Kier alpha value is -2.50. The van der Waals surface area contributed by atoms with Crippen LogP contribution < -0.4 is 21.6 Å². The largest absolute Gasteiger partial charge is 0.396 e. The van der Waals surface area contributed by atoms with Crippen LogP contribution in [0.5, 0.6) is 0 Å². The molecule has 0 bridgehead atoms. The fourth-order valence-corrected chi connectivity index (χ4v) is 4.58. The summed E-state index contributed by atoms with van der Waals surface area (Å²) >= 11 is 0. The summed E-state index contributed by atoms with van der Waals surface area (Å²) in [5, 5.41) is 18.8. The summed E-state index contributed by atoms with van der Waals surface area (Å²) < 4.78 is 24.2. The number of hydrazine groups is 2. The van der Waals surface area contributed by atoms with Crippen molar-refractivity contribution in [2.75, 3.05) is 19.7 Å². The first-order chi connectivity index (χ1) is 14.0. The SMILES string of the molecule is NS(=O)(=O)c1cccc(-c2ccc(CN3CCC(CO)C3)cc2)c1C1=NNNN1. The van der Waals surface area contributed by atoms with Crippen LogP contribution in [0.25, 0.3) is 11.1 Å². The maximum absolute atomic E-state index is 12.1. The number of aliphatic hydroxyl groups is 1. The van der Waals surface area contributed by atoms with Gasteiger partial charge in [-0.1, -0.05) is 36.4 Å². The first-order valence-corrected chi connectivity index (χ1v) is 10.9. The van der Waals surface area contributed by atoms with Gasteiger partial charge in [0.1, 0.15) is 0 Å². The lowest BCUT2D eigenvalue weighted by molar-refractivity contribution is 0.220. The Labute approximate surface area is 169 Å². The van der Waals surface area contributed by atoms with Gasteiger partial charge in [-0.3, -0.25) is 10.3 Å². The van der Waals surface area contributed by atoms with E-state index in [1.54, 1.807) is 6.07 Å². The highest BCUT2D eigenvalue weighted by Crippen LogP contribution is 2.29. The summed E-state index contributed by atoms with van der Waals surface area (Å²) in [4.78, 5) is 2.33. The van der Waals surface area contributed by atoms with Crippen LogP contribution in [-0.2, 0) is 16.6 Å². The van der Waals surface area contributed by atoms with E-state index in [0.717, 1.165) is 37.2 Å². The van der Waals surface area contributed by atoms with Crippen LogP contribution in [-0.4, -0.2) is 44.0 Å². The predicted octanol–water partition coefficient (Wildman–Crippen LogP) is 0.0892. The van der Waals surface area contributed by atoms with Crippen LogP contribution in [0.2, 0.25) is 0 Å². The molecule has 0 amide bonds. The molecular weight excluding hydrogens is 392 g/mol. The van der Waals surface area contributed by atoms with Crippen molar-refractivity contribution in [2.24, 2.45) is 16.2 Å². The molecule has 1 unspecified atom stereocenters. The van der Waals surface area contributed by atoms with Crippen molar-refractivity contribution >= 4 is 15.9 Å². The molecule has 1 fully saturated rings. The lowest BCUT2D eigenvalue weighted by Crippen LogP contribution is -2.36. The van der Waals surface area contributed by atoms with Crippen LogP contribution in [0.3, 0.4) is 0 Å². The maximum atomic E-state index is 12.1. The van der Waals surface area contributed by atoms with E-state index in [1.165, 1.54) is 6.07 Å². The van der Waals surface area contributed by atoms with Crippen molar-refractivity contribution < 1.29 is 13.5 Å². The number of sulfonamides is 1. The first-order valence-electron chi connectivity index (χ1n) is 9.38. The van der Waals surface area contributed by atoms with E-state index in [9.17, 15) is 13.5 Å². The van der Waals surface area contributed by atoms with Gasteiger partial charge < -0.3 is 5.11 Å². The number of rotatable bonds is 6. The lowest BCUT2D eigenvalue weighted by Gasteiger charge is -2.17. The zero-order chi connectivity index (χ0) is 20.4. The normalized spacial score (nSPS) is 19.7. The molecule has 10 heteroatoms. The number of nitrogens with zero attached hydrogens (tertiary/aromatic N) is 2. The van der Waals surface area contributed by atoms with Gasteiger partial charge in [-0.25, -0.2) is 19.1 Å². The van der Waals surface area contributed by atoms with E-state index in [2.05, 4.69) is 26.5 Å². The number of hydrogen-bond acceptors (Lipinski definition) is 8. The minimum atomic E-state index is -3.94. The zero-order valence-electron chi connectivity index (χ0n) is 15.8. The van der Waals surface area contributed by atoms with E-state index in [1.807, 2.05) is 30.3 Å². The Bertz CT molecular complexity index is 1020. The molecule has 0 aromatic heterocycles. The molecule has 2 heterocycles. The summed E-state index contributed by atoms with van der Waals surface area (Å²) in [5.41, 5.74) is 11.1. The van der Waals surface area contributed by atoms with Crippen molar-refractivity contribution in [1.82, 2.24) is 21.4 Å². The number of hydrazone groups is 1. The molecule has 2 aliphatic heterocycles. The number of hydrogen-bond donors (Lipinski definition) is 5. The van der Waals surface area contributed by atoms with Gasteiger partial charge in [-0.15, -0.1) is 10.6 Å². The minimum Gasteiger partial charge on any atom is -0.396 e. The number of aliphatic hydroxyl groups excluding tert-OH is 1. The fourth-order valence-electron chi connectivity index (χ4n) is 3.82. The first kappa shape index (κ1) is 19.8. The molecule has 29 heavy (non-hydrogen) atoms. The number of likely N-dealkylation sites (tertiary alicyclic amines) is 1. The van der Waals surface area contributed by atoms with Crippen LogP contribution in [0.15, 0.2) is 52.5 Å². The monoisotopic (exact) mass is 416 g/mol. The summed E-state index contributed by atoms with van der Waals surface area (Å²) in [6.07, 6.45) is 1.02. The van der Waals surface area contributed by atoms with Crippen molar-refractivity contribution in [3.05, 3.63) is 53.6 Å². The second-order valence-corrected chi connectivity index (χ2v) is 8.85. The molecule has 2 aliphatic rings. The van der Waals surface area contributed by atoms with Crippen LogP contribution in [0, 0.1) is 5.92 Å². The van der Waals surface area contributed by atoms with Gasteiger partial charge in [0, 0.05) is 25.3 Å². The van der Waals surface area contributed by atoms with Crippen molar-refractivity contribution in [1.29, 1.82) is 0 Å². The van der Waals surface area contributed by atoms with Crippen LogP contribution >= 0.6 is 0 Å². The van der Waals surface area contributed by atoms with Gasteiger partial charge in [-0.2, -0.15) is 0 Å². The molecule has 4 rings (SSSR count). The molecule has 1 saturated heterocycles. The number of nitrogens with two attached hydrogens (primary N) is 1. The van der Waals surface area contributed by atoms with Gasteiger partial charge >= 0.3 is 0 Å². The summed E-state index contributed by atoms with van der Waals surface area (Å²) in [7, 11) is -3.94. The van der Waals surface area contributed by atoms with Crippen molar-refractivity contribution in [3.8, 4) is 11.1 Å². The molecule has 2 aromatic carbocycles. The Kier molecular flexibility index (Phi) is 5.52. The highest BCUT2D eigenvalue weighted by molar-refractivity contribution is 7.89. The van der Waals surface area contributed by atoms with Crippen LogP contribution in [0.4, 0.5) is 0 Å². The highest BCUT2D eigenvalue weighted by atomic mass is 32.2. The molecule has 9 nitrogen and oxygen atoms in total. The topological polar surface area (TPSA) is 132 Å². The number of benzene rings is 2. The third-order valence-corrected chi connectivity index (χ3v) is 6.23. The van der Waals surface area contributed by atoms with Gasteiger partial charge in [0.25, 0.3) is 0 Å². The van der Waals surface area contributed by atoms with E-state index in [4.69, 9.17) is 5.14 Å². The lowest BCUT2D eigenvalue weighted by atomic mass is 9.98. The van der Waals surface area contributed by atoms with Gasteiger partial charge in [0.2, 0.25) is 10.0 Å². The Morgan fingerprint density at radius 3 is 2.62 bits per heavy atom. The number of nitrogens with one attached hydrogen (secondary N) is 3. The molecule has 6 N–H and O–H groups in total. The summed E-state index contributed by atoms with van der Waals surface area (Å²) in [5.74, 6) is 0.709. The standard InChI is InChI=1S/C19H24N6O3S/c20-29(27,28)17-3-1-2-16(18(17)19-21-23-24-22-19)15-6-4-13(5-7-15)10-25-9-8-14(11-25)12-26/h1-7,14,23-24,26H,8-12H2,(H,21,22)(H2,20,27,28). The Morgan fingerprint density at radius 1 is 1.21 bits per heavy atom. The van der Waals surface area contributed by atoms with Gasteiger partial charge in [0.05, 0.1) is 4.90 Å². The van der Waals surface area contributed by atoms with E-state index in [0.29, 0.717) is 22.9 Å². The van der Waals surface area contributed by atoms with Crippen molar-refractivity contribution in [2.45, 2.75) is 17.9 Å². The van der Waals surface area contributed by atoms with Crippen LogP contribution in [0.1, 0.15) is 17.5 Å². The molecule has 0 spiro atoms. The molecule has 1 atom stereocenters. The second kappa shape index (κ2) is 8.09. The van der Waals surface area contributed by atoms with Gasteiger partial charge in [0.15, 0.2) is 5.84 Å². The molecule has 0 radical (unpaired) electrons. The van der Waals surface area contributed by atoms with Gasteiger partial charge in [-0.05, 0) is 41.6 Å². The smallest absolute Gasteiger partial charge is 0.238 e. The zero-order valence-corrected chi connectivity index (χ0v) is 16.6. The number of primary sulfonamides is 1. The minimum absolute atomic E-state index is 0.00272. The maximum Gasteiger partial charge on any atom is 0.238 e. The van der Waals surface area contributed by atoms with Crippen molar-refractivity contribution in [3.63, 3.8) is 0 Å². The predicted molar refractivity (Wildman–Crippen MR) is 110 cm³/mol. The fraction of sp³-hybridized carbons (Fsp3) is 0.316. The second-order valence-electron chi connectivity index (χ2n) is 7.32. The highest BCUT2D eigenvalue weighted by Gasteiger charge is 2.24. The molecule has 154 valence electrons. The quantitative estimate of drug-likeness (QED) is 0.451. The number of amidine groups is 1. The Balaban J connectivity index is 1.65. The molecular formula is C19H24N6O3S. The Morgan fingerprint density at radius 2 is 2.00 bits per heavy atom. The summed E-state index contributed by atoms with van der Waals surface area (Å²) in [6, 6.07) is 13.0. The molecule has 2 aromatic rings. The molecule has 0 saturated carbocycles. The average molecular weight is 417 g/mol.